The van der Waals surface area contributed by atoms with Gasteiger partial charge in [-0.05, 0) is 67.2 Å². The highest BCUT2D eigenvalue weighted by Gasteiger charge is 2.40. The molecule has 0 amide bonds. The molecule has 30 heavy (non-hydrogen) atoms. The summed E-state index contributed by atoms with van der Waals surface area (Å²) in [4.78, 5) is 12.3. The molecule has 0 aliphatic carbocycles. The van der Waals surface area contributed by atoms with E-state index in [1.54, 1.807) is 0 Å². The van der Waals surface area contributed by atoms with Crippen LogP contribution < -0.4 is 0 Å². The Morgan fingerprint density at radius 3 is 1.00 bits per heavy atom. The molecule has 0 spiro atoms. The van der Waals surface area contributed by atoms with Gasteiger partial charge in [0.05, 0.1) is 0 Å². The van der Waals surface area contributed by atoms with Gasteiger partial charge < -0.3 is 26.6 Å². The van der Waals surface area contributed by atoms with Gasteiger partial charge in [-0.2, -0.15) is 0 Å². The van der Waals surface area contributed by atoms with Crippen LogP contribution in [-0.4, -0.2) is 63.0 Å². The maximum absolute atomic E-state index is 12.3. The molecular formula is C21H46O7Si2. The highest BCUT2D eigenvalue weighted by Crippen LogP contribution is 2.22. The molecule has 0 radical (unpaired) electrons. The zero-order valence-corrected chi connectivity index (χ0v) is 22.3. The van der Waals surface area contributed by atoms with Crippen LogP contribution in [-0.2, 0) is 31.4 Å². The van der Waals surface area contributed by atoms with Crippen molar-refractivity contribution in [1.82, 2.24) is 0 Å². The van der Waals surface area contributed by atoms with Crippen LogP contribution in [0.15, 0.2) is 0 Å². The molecule has 7 nitrogen and oxygen atoms in total. The van der Waals surface area contributed by atoms with Gasteiger partial charge in [0.25, 0.3) is 0 Å². The van der Waals surface area contributed by atoms with Crippen molar-refractivity contribution in [1.29, 1.82) is 0 Å². The third kappa shape index (κ3) is 12.7. The Balaban J connectivity index is 4.27. The minimum atomic E-state index is -2.59. The molecule has 0 saturated heterocycles. The maximum atomic E-state index is 12.3. The van der Waals surface area contributed by atoms with E-state index in [0.717, 1.165) is 37.8 Å². The van der Waals surface area contributed by atoms with Crippen molar-refractivity contribution in [3.8, 4) is 0 Å². The molecule has 0 rings (SSSR count). The lowest BCUT2D eigenvalue weighted by Crippen LogP contribution is -2.45. The second-order valence-corrected chi connectivity index (χ2v) is 12.4. The Bertz CT molecular complexity index is 354. The van der Waals surface area contributed by atoms with Crippen molar-refractivity contribution in [2.75, 3.05) is 39.6 Å². The highest BCUT2D eigenvalue weighted by molar-refractivity contribution is 6.61. The molecule has 0 fully saturated rings. The van der Waals surface area contributed by atoms with E-state index in [-0.39, 0.29) is 0 Å². The van der Waals surface area contributed by atoms with E-state index in [1.165, 1.54) is 0 Å². The molecule has 0 saturated carbocycles. The Kier molecular flexibility index (Phi) is 18.4. The van der Waals surface area contributed by atoms with Crippen LogP contribution in [0.25, 0.3) is 0 Å². The van der Waals surface area contributed by atoms with Gasteiger partial charge in [-0.15, -0.1) is 0 Å². The van der Waals surface area contributed by atoms with Crippen molar-refractivity contribution in [2.45, 2.75) is 92.2 Å². The van der Waals surface area contributed by atoms with Crippen molar-refractivity contribution in [3.63, 3.8) is 0 Å². The summed E-state index contributed by atoms with van der Waals surface area (Å²) >= 11 is 0. The van der Waals surface area contributed by atoms with Gasteiger partial charge in [0.2, 0.25) is 0 Å². The van der Waals surface area contributed by atoms with E-state index in [4.69, 9.17) is 26.6 Å². The minimum absolute atomic E-state index is 0.308. The molecule has 0 N–H and O–H groups in total. The summed E-state index contributed by atoms with van der Waals surface area (Å²) in [5.74, 6) is 0.308. The first-order valence-electron chi connectivity index (χ1n) is 11.8. The molecule has 0 aromatic carbocycles. The van der Waals surface area contributed by atoms with Crippen molar-refractivity contribution >= 4 is 23.4 Å². The lowest BCUT2D eigenvalue weighted by Gasteiger charge is -2.28. The van der Waals surface area contributed by atoms with Gasteiger partial charge in [-0.25, -0.2) is 0 Å². The molecule has 9 heteroatoms. The topological polar surface area (TPSA) is 72.5 Å². The average Bonchev–Trinajstić information content (AvgIpc) is 2.70. The first kappa shape index (κ1) is 29.9. The third-order valence-corrected chi connectivity index (χ3v) is 10.9. The summed E-state index contributed by atoms with van der Waals surface area (Å²) in [5, 5.41) is 0. The highest BCUT2D eigenvalue weighted by atomic mass is 28.4. The monoisotopic (exact) mass is 466 g/mol. The van der Waals surface area contributed by atoms with Crippen molar-refractivity contribution in [2.24, 2.45) is 0 Å². The summed E-state index contributed by atoms with van der Waals surface area (Å²) in [6.45, 7) is 15.3. The molecule has 0 bridgehead atoms. The molecule has 0 unspecified atom stereocenters. The third-order valence-electron chi connectivity index (χ3n) is 4.56. The first-order chi connectivity index (χ1) is 14.5. The fraction of sp³-hybridized carbons (Fsp3) is 0.952. The average molecular weight is 467 g/mol. The van der Waals surface area contributed by atoms with Crippen molar-refractivity contribution < 1.29 is 31.4 Å². The number of rotatable bonds is 22. The summed E-state index contributed by atoms with van der Waals surface area (Å²) in [6.07, 6.45) is 4.65. The van der Waals surface area contributed by atoms with Crippen LogP contribution in [0.5, 0.6) is 0 Å². The quantitative estimate of drug-likeness (QED) is 0.164. The van der Waals surface area contributed by atoms with Crippen LogP contribution in [0.2, 0.25) is 12.1 Å². The van der Waals surface area contributed by atoms with Gasteiger partial charge in [-0.1, -0.05) is 0 Å². The Morgan fingerprint density at radius 1 is 0.500 bits per heavy atom. The number of carbonyl (C=O) groups is 1. The van der Waals surface area contributed by atoms with Gasteiger partial charge in [0.1, 0.15) is 5.78 Å². The molecule has 0 aromatic rings. The number of carbonyl (C=O) groups excluding carboxylic acids is 1. The zero-order valence-electron chi connectivity index (χ0n) is 20.3. The van der Waals surface area contributed by atoms with Crippen molar-refractivity contribution in [3.05, 3.63) is 0 Å². The summed E-state index contributed by atoms with van der Waals surface area (Å²) in [7, 11) is -5.18. The first-order valence-corrected chi connectivity index (χ1v) is 15.7. The van der Waals surface area contributed by atoms with Crippen LogP contribution in [0.3, 0.4) is 0 Å². The molecule has 180 valence electrons. The smallest absolute Gasteiger partial charge is 0.374 e. The number of ketones is 1. The van der Waals surface area contributed by atoms with E-state index in [0.29, 0.717) is 58.3 Å². The zero-order chi connectivity index (χ0) is 22.7. The molecule has 0 aliphatic rings. The lowest BCUT2D eigenvalue weighted by molar-refractivity contribution is -0.119. The molecule has 0 heterocycles. The van der Waals surface area contributed by atoms with Gasteiger partial charge >= 0.3 is 17.6 Å². The number of hydrogen-bond donors (Lipinski definition) is 0. The van der Waals surface area contributed by atoms with E-state index < -0.39 is 17.6 Å². The summed E-state index contributed by atoms with van der Waals surface area (Å²) in [5.41, 5.74) is 0. The van der Waals surface area contributed by atoms with E-state index in [2.05, 4.69) is 0 Å². The second-order valence-electron chi connectivity index (χ2n) is 6.92. The summed E-state index contributed by atoms with van der Waals surface area (Å²) < 4.78 is 35.2. The predicted molar refractivity (Wildman–Crippen MR) is 124 cm³/mol. The normalized spacial score (nSPS) is 12.5. The predicted octanol–water partition coefficient (Wildman–Crippen LogP) is 4.99. The second kappa shape index (κ2) is 18.4. The van der Waals surface area contributed by atoms with Gasteiger partial charge in [-0.3, -0.25) is 4.79 Å². The van der Waals surface area contributed by atoms with E-state index in [9.17, 15) is 4.79 Å². The SMILES string of the molecule is CCO[Si](CCCCC(=O)CCCC[Si](OCC)(OCC)OCC)(OCC)OCC. The Morgan fingerprint density at radius 2 is 0.767 bits per heavy atom. The van der Waals surface area contributed by atoms with Crippen LogP contribution >= 0.6 is 0 Å². The van der Waals surface area contributed by atoms with E-state index >= 15 is 0 Å². The number of hydrogen-bond acceptors (Lipinski definition) is 7. The fourth-order valence-electron chi connectivity index (χ4n) is 3.45. The molecule has 0 atom stereocenters. The van der Waals surface area contributed by atoms with Gasteiger partial charge in [0, 0.05) is 64.6 Å². The standard InChI is InChI=1S/C21H46O7Si2/c1-7-23-29(24-8-2,25-9-3)19-15-13-17-21(22)18-14-16-20-30(26-10-4,27-11-5)28-12-6/h7-20H2,1-6H3. The minimum Gasteiger partial charge on any atom is -0.374 e. The van der Waals surface area contributed by atoms with Crippen LogP contribution in [0.1, 0.15) is 80.1 Å². The molecule has 0 aliphatic heterocycles. The van der Waals surface area contributed by atoms with Gasteiger partial charge in [0.15, 0.2) is 0 Å². The fourth-order valence-corrected chi connectivity index (χ4v) is 8.83. The van der Waals surface area contributed by atoms with Crippen LogP contribution in [0.4, 0.5) is 0 Å². The van der Waals surface area contributed by atoms with E-state index in [1.807, 2.05) is 41.5 Å². The van der Waals surface area contributed by atoms with Crippen LogP contribution in [0, 0.1) is 0 Å². The number of unbranched alkanes of at least 4 members (excludes halogenated alkanes) is 2. The Labute approximate surface area is 186 Å². The Hall–Kier alpha value is -0.136. The molecule has 0 aromatic heterocycles. The lowest BCUT2D eigenvalue weighted by atomic mass is 10.1. The number of Topliss-reactive ketones (excluding diaryl/α,β-unsaturated/α-hetero) is 1. The largest absolute Gasteiger partial charge is 0.500 e. The maximum Gasteiger partial charge on any atom is 0.500 e. The summed E-state index contributed by atoms with van der Waals surface area (Å²) in [6, 6.07) is 1.53. The molecular weight excluding hydrogens is 420 g/mol.